The fourth-order valence-corrected chi connectivity index (χ4v) is 2.24. The van der Waals surface area contributed by atoms with Crippen molar-refractivity contribution >= 4 is 23.1 Å². The molecule has 0 amide bonds. The number of nitrogens with one attached hydrogen (secondary N) is 2. The van der Waals surface area contributed by atoms with Gasteiger partial charge in [-0.2, -0.15) is 0 Å². The van der Waals surface area contributed by atoms with Gasteiger partial charge in [-0.3, -0.25) is 10.1 Å². The van der Waals surface area contributed by atoms with Crippen LogP contribution in [-0.4, -0.2) is 42.3 Å². The Balaban J connectivity index is 1.74. The van der Waals surface area contributed by atoms with Crippen LogP contribution in [-0.2, 0) is 4.74 Å². The highest BCUT2D eigenvalue weighted by Crippen LogP contribution is 2.23. The number of piperidine rings is 1. The van der Waals surface area contributed by atoms with Gasteiger partial charge in [0.2, 0.25) is 0 Å². The van der Waals surface area contributed by atoms with Crippen molar-refractivity contribution in [2.45, 2.75) is 18.9 Å². The number of halogens is 1. The number of pyridine rings is 1. The molecule has 7 nitrogen and oxygen atoms in total. The highest BCUT2D eigenvalue weighted by molar-refractivity contribution is 6.33. The van der Waals surface area contributed by atoms with Crippen molar-refractivity contribution in [1.82, 2.24) is 10.3 Å². The van der Waals surface area contributed by atoms with Crippen molar-refractivity contribution < 1.29 is 9.66 Å². The van der Waals surface area contributed by atoms with Crippen LogP contribution in [0.2, 0.25) is 5.02 Å². The minimum atomic E-state index is -0.525. The van der Waals surface area contributed by atoms with Crippen LogP contribution in [0, 0.1) is 10.1 Å². The summed E-state index contributed by atoms with van der Waals surface area (Å²) in [7, 11) is 0. The number of hydrogen-bond acceptors (Lipinski definition) is 6. The normalized spacial score (nSPS) is 16.1. The first-order chi connectivity index (χ1) is 9.66. The molecule has 2 rings (SSSR count). The van der Waals surface area contributed by atoms with Crippen LogP contribution < -0.4 is 10.6 Å². The second-order valence-corrected chi connectivity index (χ2v) is 4.94. The lowest BCUT2D eigenvalue weighted by Crippen LogP contribution is -2.33. The minimum Gasteiger partial charge on any atom is -0.376 e. The number of ether oxygens (including phenoxy) is 1. The van der Waals surface area contributed by atoms with Crippen LogP contribution >= 0.6 is 11.6 Å². The number of aromatic nitrogens is 1. The second-order valence-electron chi connectivity index (χ2n) is 4.53. The summed E-state index contributed by atoms with van der Waals surface area (Å²) in [4.78, 5) is 14.0. The first kappa shape index (κ1) is 15.0. The first-order valence-electron chi connectivity index (χ1n) is 6.53. The van der Waals surface area contributed by atoms with Crippen LogP contribution in [0.1, 0.15) is 12.8 Å². The molecule has 0 saturated carbocycles. The quantitative estimate of drug-likeness (QED) is 0.473. The summed E-state index contributed by atoms with van der Waals surface area (Å²) < 4.78 is 5.72. The Morgan fingerprint density at radius 2 is 2.30 bits per heavy atom. The summed E-state index contributed by atoms with van der Waals surface area (Å²) in [6.45, 7) is 3.11. The van der Waals surface area contributed by atoms with Crippen molar-refractivity contribution in [3.05, 3.63) is 27.4 Å². The van der Waals surface area contributed by atoms with Gasteiger partial charge in [-0.25, -0.2) is 4.98 Å². The van der Waals surface area contributed by atoms with E-state index in [9.17, 15) is 10.1 Å². The van der Waals surface area contributed by atoms with Gasteiger partial charge in [-0.05, 0) is 25.9 Å². The van der Waals surface area contributed by atoms with E-state index in [0.29, 0.717) is 25.1 Å². The molecular weight excluding hydrogens is 284 g/mol. The Hall–Kier alpha value is -1.44. The molecule has 1 aromatic rings. The molecule has 2 N–H and O–H groups in total. The summed E-state index contributed by atoms with van der Waals surface area (Å²) in [6, 6.07) is 1.28. The van der Waals surface area contributed by atoms with Gasteiger partial charge in [0.1, 0.15) is 12.0 Å². The smallest absolute Gasteiger partial charge is 0.289 e. The third kappa shape index (κ3) is 4.29. The molecule has 8 heteroatoms. The highest BCUT2D eigenvalue weighted by atomic mass is 35.5. The second kappa shape index (κ2) is 7.37. The molecule has 1 aliphatic heterocycles. The number of nitro groups is 1. The van der Waals surface area contributed by atoms with Crippen molar-refractivity contribution in [2.24, 2.45) is 0 Å². The lowest BCUT2D eigenvalue weighted by atomic mass is 10.1. The molecule has 1 aliphatic rings. The molecular formula is C12H17ClN4O3. The van der Waals surface area contributed by atoms with Crippen LogP contribution in [0.15, 0.2) is 12.3 Å². The van der Waals surface area contributed by atoms with E-state index in [0.717, 1.165) is 25.9 Å². The highest BCUT2D eigenvalue weighted by Gasteiger charge is 2.13. The lowest BCUT2D eigenvalue weighted by Gasteiger charge is -2.23. The molecule has 0 atom stereocenters. The monoisotopic (exact) mass is 300 g/mol. The predicted molar refractivity (Wildman–Crippen MR) is 76.2 cm³/mol. The number of anilines is 1. The third-order valence-electron chi connectivity index (χ3n) is 3.07. The maximum Gasteiger partial charge on any atom is 0.289 e. The zero-order chi connectivity index (χ0) is 14.4. The lowest BCUT2D eigenvalue weighted by molar-refractivity contribution is -0.385. The SMILES string of the molecule is O=[N+]([O-])c1cnc(NCCOC2CCNCC2)c(Cl)c1. The van der Waals surface area contributed by atoms with E-state index < -0.39 is 4.92 Å². The Kier molecular flexibility index (Phi) is 5.51. The molecule has 0 spiro atoms. The standard InChI is InChI=1S/C12H17ClN4O3/c13-11-7-9(17(18)19)8-16-12(11)15-5-6-20-10-1-3-14-4-2-10/h7-8,10,14H,1-6H2,(H,15,16). The molecule has 110 valence electrons. The van der Waals surface area contributed by atoms with E-state index in [-0.39, 0.29) is 10.7 Å². The zero-order valence-corrected chi connectivity index (χ0v) is 11.7. The molecule has 20 heavy (non-hydrogen) atoms. The van der Waals surface area contributed by atoms with Gasteiger partial charge in [-0.1, -0.05) is 11.6 Å². The Morgan fingerprint density at radius 3 is 2.95 bits per heavy atom. The molecule has 2 heterocycles. The molecule has 0 aromatic carbocycles. The molecule has 0 radical (unpaired) electrons. The topological polar surface area (TPSA) is 89.3 Å². The van der Waals surface area contributed by atoms with Gasteiger partial charge < -0.3 is 15.4 Å². The fourth-order valence-electron chi connectivity index (χ4n) is 2.01. The zero-order valence-electron chi connectivity index (χ0n) is 11.0. The van der Waals surface area contributed by atoms with E-state index in [1.54, 1.807) is 0 Å². The van der Waals surface area contributed by atoms with Crippen molar-refractivity contribution in [1.29, 1.82) is 0 Å². The third-order valence-corrected chi connectivity index (χ3v) is 3.36. The summed E-state index contributed by atoms with van der Waals surface area (Å²) >= 11 is 5.92. The number of hydrogen-bond donors (Lipinski definition) is 2. The minimum absolute atomic E-state index is 0.119. The Morgan fingerprint density at radius 1 is 1.55 bits per heavy atom. The molecule has 1 aromatic heterocycles. The summed E-state index contributed by atoms with van der Waals surface area (Å²) in [6.07, 6.45) is 3.54. The van der Waals surface area contributed by atoms with E-state index in [1.165, 1.54) is 12.3 Å². The fraction of sp³-hybridized carbons (Fsp3) is 0.583. The summed E-state index contributed by atoms with van der Waals surface area (Å²) in [5.74, 6) is 0.436. The average Bonchev–Trinajstić information content (AvgIpc) is 2.46. The largest absolute Gasteiger partial charge is 0.376 e. The van der Waals surface area contributed by atoms with Gasteiger partial charge in [-0.15, -0.1) is 0 Å². The molecule has 1 fully saturated rings. The number of nitrogens with zero attached hydrogens (tertiary/aromatic N) is 2. The number of rotatable bonds is 6. The van der Waals surface area contributed by atoms with Crippen molar-refractivity contribution in [3.63, 3.8) is 0 Å². The van der Waals surface area contributed by atoms with E-state index in [1.807, 2.05) is 0 Å². The summed E-state index contributed by atoms with van der Waals surface area (Å²) in [5, 5.41) is 17.1. The molecule has 0 unspecified atom stereocenters. The Bertz CT molecular complexity index is 466. The van der Waals surface area contributed by atoms with Gasteiger partial charge >= 0.3 is 0 Å². The van der Waals surface area contributed by atoms with Crippen LogP contribution in [0.3, 0.4) is 0 Å². The Labute approximate surface area is 121 Å². The van der Waals surface area contributed by atoms with Crippen molar-refractivity contribution in [3.8, 4) is 0 Å². The van der Waals surface area contributed by atoms with Crippen LogP contribution in [0.25, 0.3) is 0 Å². The average molecular weight is 301 g/mol. The van der Waals surface area contributed by atoms with E-state index in [4.69, 9.17) is 16.3 Å². The van der Waals surface area contributed by atoms with Crippen LogP contribution in [0.4, 0.5) is 11.5 Å². The van der Waals surface area contributed by atoms with Gasteiger partial charge in [0.25, 0.3) is 5.69 Å². The van der Waals surface area contributed by atoms with Gasteiger partial charge in [0.15, 0.2) is 0 Å². The molecule has 1 saturated heterocycles. The van der Waals surface area contributed by atoms with Crippen molar-refractivity contribution in [2.75, 3.05) is 31.6 Å². The van der Waals surface area contributed by atoms with E-state index >= 15 is 0 Å². The predicted octanol–water partition coefficient (Wildman–Crippen LogP) is 1.82. The van der Waals surface area contributed by atoms with Gasteiger partial charge in [0.05, 0.1) is 22.7 Å². The maximum atomic E-state index is 10.6. The maximum absolute atomic E-state index is 10.6. The molecule has 0 aliphatic carbocycles. The first-order valence-corrected chi connectivity index (χ1v) is 6.91. The van der Waals surface area contributed by atoms with E-state index in [2.05, 4.69) is 15.6 Å². The van der Waals surface area contributed by atoms with Crippen LogP contribution in [0.5, 0.6) is 0 Å². The molecule has 0 bridgehead atoms. The van der Waals surface area contributed by atoms with Gasteiger partial charge in [0, 0.05) is 12.6 Å². The summed E-state index contributed by atoms with van der Waals surface area (Å²) in [5.41, 5.74) is -0.119.